The van der Waals surface area contributed by atoms with Crippen LogP contribution in [0.1, 0.15) is 28.9 Å². The molecule has 6 nitrogen and oxygen atoms in total. The van der Waals surface area contributed by atoms with E-state index in [2.05, 4.69) is 4.98 Å². The van der Waals surface area contributed by atoms with Crippen LogP contribution in [0.4, 0.5) is 0 Å². The average Bonchev–Trinajstić information content (AvgIpc) is 2.43. The second kappa shape index (κ2) is 5.29. The minimum Gasteiger partial charge on any atom is -0.497 e. The molecule has 1 aliphatic heterocycles. The summed E-state index contributed by atoms with van der Waals surface area (Å²) >= 11 is 0. The van der Waals surface area contributed by atoms with Crippen molar-refractivity contribution in [2.45, 2.75) is 12.8 Å². The number of fused-ring (bicyclic) bond motifs is 1. The van der Waals surface area contributed by atoms with Crippen molar-refractivity contribution >= 4 is 22.7 Å². The zero-order valence-electron chi connectivity index (χ0n) is 12.5. The summed E-state index contributed by atoms with van der Waals surface area (Å²) in [6.07, 6.45) is 0. The predicted molar refractivity (Wildman–Crippen MR) is 81.8 cm³/mol. The van der Waals surface area contributed by atoms with Crippen LogP contribution in [0.25, 0.3) is 10.9 Å². The molecular formula is C16H17N3O3. The van der Waals surface area contributed by atoms with Crippen LogP contribution < -0.4 is 10.5 Å². The number of likely N-dealkylation sites (tertiary alicyclic amines) is 1. The first-order valence-corrected chi connectivity index (χ1v) is 7.03. The standard InChI is InChI=1S/C16H17N3O3/c1-9(20)19-7-11(8-19)14-4-3-10-5-12(22-2)6-13(16(17)21)15(10)18-14/h3-6,11H,7-8H2,1-2H3,(H2,17,21). The molecular weight excluding hydrogens is 282 g/mol. The van der Waals surface area contributed by atoms with Gasteiger partial charge >= 0.3 is 0 Å². The van der Waals surface area contributed by atoms with E-state index < -0.39 is 5.91 Å². The molecule has 2 heterocycles. The lowest BCUT2D eigenvalue weighted by Crippen LogP contribution is -2.47. The quantitative estimate of drug-likeness (QED) is 0.925. The smallest absolute Gasteiger partial charge is 0.251 e. The summed E-state index contributed by atoms with van der Waals surface area (Å²) in [5.41, 5.74) is 7.25. The number of pyridine rings is 1. The summed E-state index contributed by atoms with van der Waals surface area (Å²) in [6.45, 7) is 2.88. The van der Waals surface area contributed by atoms with E-state index in [1.54, 1.807) is 25.0 Å². The van der Waals surface area contributed by atoms with E-state index in [0.29, 0.717) is 29.9 Å². The molecule has 2 amide bonds. The molecule has 2 aromatic rings. The number of rotatable bonds is 3. The fourth-order valence-electron chi connectivity index (χ4n) is 2.68. The maximum absolute atomic E-state index is 11.7. The number of carbonyl (C=O) groups excluding carboxylic acids is 2. The highest BCUT2D eigenvalue weighted by molar-refractivity contribution is 6.05. The Morgan fingerprint density at radius 1 is 1.32 bits per heavy atom. The molecule has 0 spiro atoms. The zero-order chi connectivity index (χ0) is 15.9. The van der Waals surface area contributed by atoms with E-state index >= 15 is 0 Å². The molecule has 2 N–H and O–H groups in total. The van der Waals surface area contributed by atoms with Crippen molar-refractivity contribution < 1.29 is 14.3 Å². The van der Waals surface area contributed by atoms with Crippen molar-refractivity contribution in [2.75, 3.05) is 20.2 Å². The van der Waals surface area contributed by atoms with Gasteiger partial charge in [0.15, 0.2) is 0 Å². The summed E-state index contributed by atoms with van der Waals surface area (Å²) in [6, 6.07) is 7.25. The van der Waals surface area contributed by atoms with Gasteiger partial charge < -0.3 is 15.4 Å². The Kier molecular flexibility index (Phi) is 3.44. The van der Waals surface area contributed by atoms with Crippen LogP contribution >= 0.6 is 0 Å². The minimum absolute atomic E-state index is 0.0691. The number of carbonyl (C=O) groups is 2. The number of hydrogen-bond acceptors (Lipinski definition) is 4. The van der Waals surface area contributed by atoms with Crippen molar-refractivity contribution in [3.8, 4) is 5.75 Å². The highest BCUT2D eigenvalue weighted by Crippen LogP contribution is 2.29. The van der Waals surface area contributed by atoms with Crippen LogP contribution in [0.5, 0.6) is 5.75 Å². The van der Waals surface area contributed by atoms with Gasteiger partial charge in [-0.3, -0.25) is 14.6 Å². The number of primary amides is 1. The number of aromatic nitrogens is 1. The van der Waals surface area contributed by atoms with Crippen LogP contribution in [0, 0.1) is 0 Å². The fourth-order valence-corrected chi connectivity index (χ4v) is 2.68. The minimum atomic E-state index is -0.535. The summed E-state index contributed by atoms with van der Waals surface area (Å²) in [4.78, 5) is 29.3. The number of benzene rings is 1. The molecule has 0 aliphatic carbocycles. The van der Waals surface area contributed by atoms with Crippen LogP contribution in [0.3, 0.4) is 0 Å². The van der Waals surface area contributed by atoms with Gasteiger partial charge in [-0.2, -0.15) is 0 Å². The third-order valence-corrected chi connectivity index (χ3v) is 4.03. The van der Waals surface area contributed by atoms with Gasteiger partial charge in [0.1, 0.15) is 5.75 Å². The molecule has 0 atom stereocenters. The summed E-state index contributed by atoms with van der Waals surface area (Å²) in [5.74, 6) is 0.311. The Morgan fingerprint density at radius 2 is 2.05 bits per heavy atom. The lowest BCUT2D eigenvalue weighted by atomic mass is 9.94. The predicted octanol–water partition coefficient (Wildman–Crippen LogP) is 1.29. The fraction of sp³-hybridized carbons (Fsp3) is 0.312. The van der Waals surface area contributed by atoms with Gasteiger partial charge in [0.25, 0.3) is 5.91 Å². The lowest BCUT2D eigenvalue weighted by Gasteiger charge is -2.38. The van der Waals surface area contributed by atoms with Crippen molar-refractivity contribution in [3.05, 3.63) is 35.5 Å². The third-order valence-electron chi connectivity index (χ3n) is 4.03. The number of hydrogen-bond donors (Lipinski definition) is 1. The monoisotopic (exact) mass is 299 g/mol. The number of ether oxygens (including phenoxy) is 1. The SMILES string of the molecule is COc1cc(C(N)=O)c2nc(C3CN(C(C)=O)C3)ccc2c1. The topological polar surface area (TPSA) is 85.5 Å². The second-order valence-corrected chi connectivity index (χ2v) is 5.47. The van der Waals surface area contributed by atoms with E-state index in [0.717, 1.165) is 11.1 Å². The highest BCUT2D eigenvalue weighted by Gasteiger charge is 2.31. The maximum Gasteiger partial charge on any atom is 0.251 e. The van der Waals surface area contributed by atoms with Gasteiger partial charge in [-0.1, -0.05) is 6.07 Å². The van der Waals surface area contributed by atoms with E-state index in [-0.39, 0.29) is 11.8 Å². The number of nitrogens with zero attached hydrogens (tertiary/aromatic N) is 2. The Balaban J connectivity index is 2.01. The van der Waals surface area contributed by atoms with E-state index in [4.69, 9.17) is 10.5 Å². The molecule has 0 saturated carbocycles. The van der Waals surface area contributed by atoms with Crippen LogP contribution in [0.15, 0.2) is 24.3 Å². The van der Waals surface area contributed by atoms with Crippen molar-refractivity contribution in [2.24, 2.45) is 5.73 Å². The van der Waals surface area contributed by atoms with Crippen LogP contribution in [0.2, 0.25) is 0 Å². The number of nitrogens with two attached hydrogens (primary N) is 1. The Hall–Kier alpha value is -2.63. The first-order chi connectivity index (χ1) is 10.5. The van der Waals surface area contributed by atoms with Gasteiger partial charge in [0, 0.05) is 37.0 Å². The largest absolute Gasteiger partial charge is 0.497 e. The van der Waals surface area contributed by atoms with E-state index in [1.165, 1.54) is 0 Å². The Labute approximate surface area is 127 Å². The first kappa shape index (κ1) is 14.3. The van der Waals surface area contributed by atoms with Crippen molar-refractivity contribution in [1.29, 1.82) is 0 Å². The molecule has 0 unspecified atom stereocenters. The molecule has 0 bridgehead atoms. The molecule has 1 aromatic heterocycles. The average molecular weight is 299 g/mol. The molecule has 1 fully saturated rings. The molecule has 6 heteroatoms. The molecule has 22 heavy (non-hydrogen) atoms. The van der Waals surface area contributed by atoms with Crippen molar-refractivity contribution in [1.82, 2.24) is 9.88 Å². The first-order valence-electron chi connectivity index (χ1n) is 7.03. The summed E-state index contributed by atoms with van der Waals surface area (Å²) in [7, 11) is 1.54. The van der Waals surface area contributed by atoms with E-state index in [9.17, 15) is 9.59 Å². The Morgan fingerprint density at radius 3 is 2.64 bits per heavy atom. The highest BCUT2D eigenvalue weighted by atomic mass is 16.5. The van der Waals surface area contributed by atoms with E-state index in [1.807, 2.05) is 18.2 Å². The van der Waals surface area contributed by atoms with Gasteiger partial charge in [0.05, 0.1) is 18.2 Å². The zero-order valence-corrected chi connectivity index (χ0v) is 12.5. The lowest BCUT2D eigenvalue weighted by molar-refractivity contribution is -0.133. The molecule has 1 aliphatic rings. The molecule has 0 radical (unpaired) electrons. The molecule has 114 valence electrons. The molecule has 1 saturated heterocycles. The van der Waals surface area contributed by atoms with Crippen LogP contribution in [-0.2, 0) is 4.79 Å². The molecule has 1 aromatic carbocycles. The molecule has 3 rings (SSSR count). The van der Waals surface area contributed by atoms with Gasteiger partial charge in [-0.05, 0) is 18.2 Å². The second-order valence-electron chi connectivity index (χ2n) is 5.47. The van der Waals surface area contributed by atoms with Gasteiger partial charge in [0.2, 0.25) is 5.91 Å². The summed E-state index contributed by atoms with van der Waals surface area (Å²) < 4.78 is 5.18. The normalized spacial score (nSPS) is 14.7. The number of amides is 2. The maximum atomic E-state index is 11.7. The van der Waals surface area contributed by atoms with Gasteiger partial charge in [-0.15, -0.1) is 0 Å². The van der Waals surface area contributed by atoms with Crippen LogP contribution in [-0.4, -0.2) is 41.9 Å². The van der Waals surface area contributed by atoms with Crippen molar-refractivity contribution in [3.63, 3.8) is 0 Å². The Bertz CT molecular complexity index is 767. The number of methoxy groups -OCH3 is 1. The van der Waals surface area contributed by atoms with Gasteiger partial charge in [-0.25, -0.2) is 0 Å². The third kappa shape index (κ3) is 2.36. The summed E-state index contributed by atoms with van der Waals surface area (Å²) in [5, 5.41) is 0.805.